The molecule has 0 spiro atoms. The van der Waals surface area contributed by atoms with E-state index in [2.05, 4.69) is 10.1 Å². The van der Waals surface area contributed by atoms with Crippen LogP contribution in [0.2, 0.25) is 0 Å². The van der Waals surface area contributed by atoms with Crippen LogP contribution in [-0.4, -0.2) is 30.1 Å². The van der Waals surface area contributed by atoms with Crippen LogP contribution in [0.3, 0.4) is 0 Å². The standard InChI is InChI=1S/C14H16F3NO4/c15-11-6-5-9(22-14(16)17)8-10(11)13(21)18-7-3-1-2-4-12(19)20/h5-6,8,14H,1-4,7H2,(H,18,21)(H,19,20). The number of benzene rings is 1. The molecule has 0 aliphatic rings. The number of carbonyl (C=O) groups is 2. The zero-order chi connectivity index (χ0) is 16.5. The van der Waals surface area contributed by atoms with Crippen molar-refractivity contribution in [1.82, 2.24) is 5.32 Å². The maximum Gasteiger partial charge on any atom is 0.387 e. The molecule has 0 aliphatic heterocycles. The van der Waals surface area contributed by atoms with Gasteiger partial charge in [-0.05, 0) is 31.0 Å². The first-order chi connectivity index (χ1) is 10.4. The summed E-state index contributed by atoms with van der Waals surface area (Å²) in [5, 5.41) is 10.9. The Labute approximate surface area is 125 Å². The van der Waals surface area contributed by atoms with E-state index < -0.39 is 24.3 Å². The molecule has 1 aromatic rings. The molecule has 1 aromatic carbocycles. The van der Waals surface area contributed by atoms with E-state index in [0.717, 1.165) is 18.2 Å². The lowest BCUT2D eigenvalue weighted by Crippen LogP contribution is -2.25. The van der Waals surface area contributed by atoms with E-state index in [4.69, 9.17) is 5.11 Å². The first-order valence-corrected chi connectivity index (χ1v) is 6.64. The Morgan fingerprint density at radius 1 is 1.23 bits per heavy atom. The Morgan fingerprint density at radius 3 is 2.59 bits per heavy atom. The van der Waals surface area contributed by atoms with Crippen LogP contribution < -0.4 is 10.1 Å². The summed E-state index contributed by atoms with van der Waals surface area (Å²) < 4.78 is 41.8. The molecule has 0 aromatic heterocycles. The normalized spacial score (nSPS) is 10.5. The van der Waals surface area contributed by atoms with Crippen LogP contribution in [0.4, 0.5) is 13.2 Å². The summed E-state index contributed by atoms with van der Waals surface area (Å²) in [6, 6.07) is 2.78. The average Bonchev–Trinajstić information content (AvgIpc) is 2.43. The third kappa shape index (κ3) is 6.47. The predicted octanol–water partition coefficient (Wildman–Crippen LogP) is 2.80. The molecule has 0 saturated heterocycles. The highest BCUT2D eigenvalue weighted by molar-refractivity contribution is 5.94. The van der Waals surface area contributed by atoms with E-state index in [1.54, 1.807) is 0 Å². The summed E-state index contributed by atoms with van der Waals surface area (Å²) in [7, 11) is 0. The molecule has 0 heterocycles. The Balaban J connectivity index is 2.46. The largest absolute Gasteiger partial charge is 0.481 e. The monoisotopic (exact) mass is 319 g/mol. The summed E-state index contributed by atoms with van der Waals surface area (Å²) >= 11 is 0. The number of unbranched alkanes of at least 4 members (excludes halogenated alkanes) is 2. The van der Waals surface area contributed by atoms with Crippen molar-refractivity contribution >= 4 is 11.9 Å². The van der Waals surface area contributed by atoms with Crippen LogP contribution in [0.25, 0.3) is 0 Å². The summed E-state index contributed by atoms with van der Waals surface area (Å²) in [6.07, 6.45) is 1.67. The molecule has 0 atom stereocenters. The maximum atomic E-state index is 13.5. The number of carbonyl (C=O) groups excluding carboxylic acids is 1. The minimum atomic E-state index is -3.06. The van der Waals surface area contributed by atoms with Crippen molar-refractivity contribution in [2.45, 2.75) is 32.3 Å². The average molecular weight is 319 g/mol. The number of carboxylic acid groups (broad SMARTS) is 1. The lowest BCUT2D eigenvalue weighted by Gasteiger charge is -2.09. The van der Waals surface area contributed by atoms with Gasteiger partial charge in [0, 0.05) is 13.0 Å². The summed E-state index contributed by atoms with van der Waals surface area (Å²) in [6.45, 7) is -2.83. The first-order valence-electron chi connectivity index (χ1n) is 6.64. The molecule has 0 unspecified atom stereocenters. The third-order valence-corrected chi connectivity index (χ3v) is 2.76. The molecule has 0 radical (unpaired) electrons. The molecule has 1 rings (SSSR count). The van der Waals surface area contributed by atoms with Crippen LogP contribution in [-0.2, 0) is 4.79 Å². The van der Waals surface area contributed by atoms with Gasteiger partial charge in [0.25, 0.3) is 5.91 Å². The molecule has 22 heavy (non-hydrogen) atoms. The van der Waals surface area contributed by atoms with Crippen LogP contribution in [0.1, 0.15) is 36.0 Å². The molecule has 1 amide bonds. The van der Waals surface area contributed by atoms with E-state index in [1.165, 1.54) is 0 Å². The van der Waals surface area contributed by atoms with Gasteiger partial charge in [0.1, 0.15) is 11.6 Å². The molecular formula is C14H16F3NO4. The van der Waals surface area contributed by atoms with Crippen LogP contribution in [0.5, 0.6) is 5.75 Å². The minimum absolute atomic E-state index is 0.0512. The highest BCUT2D eigenvalue weighted by Gasteiger charge is 2.14. The lowest BCUT2D eigenvalue weighted by atomic mass is 10.1. The van der Waals surface area contributed by atoms with E-state index in [-0.39, 0.29) is 24.3 Å². The number of hydrogen-bond acceptors (Lipinski definition) is 3. The van der Waals surface area contributed by atoms with Crippen LogP contribution in [0, 0.1) is 5.82 Å². The van der Waals surface area contributed by atoms with Gasteiger partial charge in [-0.15, -0.1) is 0 Å². The van der Waals surface area contributed by atoms with Gasteiger partial charge < -0.3 is 15.2 Å². The van der Waals surface area contributed by atoms with Gasteiger partial charge in [-0.1, -0.05) is 6.42 Å². The number of carboxylic acids is 1. The van der Waals surface area contributed by atoms with Crippen molar-refractivity contribution in [2.24, 2.45) is 0 Å². The van der Waals surface area contributed by atoms with Gasteiger partial charge in [-0.25, -0.2) is 4.39 Å². The van der Waals surface area contributed by atoms with E-state index in [9.17, 15) is 22.8 Å². The molecule has 0 bridgehead atoms. The third-order valence-electron chi connectivity index (χ3n) is 2.76. The van der Waals surface area contributed by atoms with Crippen LogP contribution in [0.15, 0.2) is 18.2 Å². The SMILES string of the molecule is O=C(O)CCCCCNC(=O)c1cc(OC(F)F)ccc1F. The molecule has 2 N–H and O–H groups in total. The minimum Gasteiger partial charge on any atom is -0.481 e. The zero-order valence-electron chi connectivity index (χ0n) is 11.7. The number of hydrogen-bond donors (Lipinski definition) is 2. The molecule has 122 valence electrons. The second-order valence-electron chi connectivity index (χ2n) is 4.48. The second-order valence-corrected chi connectivity index (χ2v) is 4.48. The van der Waals surface area contributed by atoms with Crippen molar-refractivity contribution in [3.05, 3.63) is 29.6 Å². The number of nitrogens with one attached hydrogen (secondary N) is 1. The maximum absolute atomic E-state index is 13.5. The van der Waals surface area contributed by atoms with Crippen molar-refractivity contribution in [3.8, 4) is 5.75 Å². The Hall–Kier alpha value is -2.25. The molecule has 5 nitrogen and oxygen atoms in total. The van der Waals surface area contributed by atoms with E-state index in [0.29, 0.717) is 19.3 Å². The highest BCUT2D eigenvalue weighted by atomic mass is 19.3. The van der Waals surface area contributed by atoms with Gasteiger partial charge in [0.05, 0.1) is 5.56 Å². The van der Waals surface area contributed by atoms with Crippen LogP contribution >= 0.6 is 0 Å². The molecule has 0 aliphatic carbocycles. The summed E-state index contributed by atoms with van der Waals surface area (Å²) in [5.41, 5.74) is -0.385. The summed E-state index contributed by atoms with van der Waals surface area (Å²) in [4.78, 5) is 22.1. The number of alkyl halides is 2. The van der Waals surface area contributed by atoms with Gasteiger partial charge in [0.2, 0.25) is 0 Å². The van der Waals surface area contributed by atoms with Crippen molar-refractivity contribution in [3.63, 3.8) is 0 Å². The number of aliphatic carboxylic acids is 1. The Kier molecular flexibility index (Phi) is 7.21. The van der Waals surface area contributed by atoms with E-state index >= 15 is 0 Å². The van der Waals surface area contributed by atoms with Gasteiger partial charge in [-0.3, -0.25) is 9.59 Å². The number of ether oxygens (including phenoxy) is 1. The fourth-order valence-electron chi connectivity index (χ4n) is 1.73. The molecule has 0 fully saturated rings. The Bertz CT molecular complexity index is 523. The summed E-state index contributed by atoms with van der Waals surface area (Å²) in [5.74, 6) is -2.77. The van der Waals surface area contributed by atoms with Gasteiger partial charge >= 0.3 is 12.6 Å². The number of rotatable bonds is 9. The smallest absolute Gasteiger partial charge is 0.387 e. The molecular weight excluding hydrogens is 303 g/mol. The highest BCUT2D eigenvalue weighted by Crippen LogP contribution is 2.18. The fraction of sp³-hybridized carbons (Fsp3) is 0.429. The van der Waals surface area contributed by atoms with E-state index in [1.807, 2.05) is 0 Å². The first kappa shape index (κ1) is 17.8. The Morgan fingerprint density at radius 2 is 1.95 bits per heavy atom. The second kappa shape index (κ2) is 8.91. The number of halogens is 3. The van der Waals surface area contributed by atoms with Crippen molar-refractivity contribution in [1.29, 1.82) is 0 Å². The van der Waals surface area contributed by atoms with Gasteiger partial charge in [-0.2, -0.15) is 8.78 Å². The topological polar surface area (TPSA) is 75.6 Å². The van der Waals surface area contributed by atoms with Crippen molar-refractivity contribution in [2.75, 3.05) is 6.54 Å². The number of amides is 1. The lowest BCUT2D eigenvalue weighted by molar-refractivity contribution is -0.137. The predicted molar refractivity (Wildman–Crippen MR) is 71.5 cm³/mol. The quantitative estimate of drug-likeness (QED) is 0.686. The zero-order valence-corrected chi connectivity index (χ0v) is 11.7. The van der Waals surface area contributed by atoms with Crippen molar-refractivity contribution < 1.29 is 32.6 Å². The molecule has 0 saturated carbocycles. The van der Waals surface area contributed by atoms with Gasteiger partial charge in [0.15, 0.2) is 0 Å². The fourth-order valence-corrected chi connectivity index (χ4v) is 1.73. The molecule has 8 heteroatoms.